The normalized spacial score (nSPS) is 12.7. The molecule has 0 amide bonds. The van der Waals surface area contributed by atoms with Crippen LogP contribution >= 0.6 is 0 Å². The van der Waals surface area contributed by atoms with Crippen molar-refractivity contribution in [2.45, 2.75) is 354 Å². The molecular formula is C73H130O5. The zero-order chi connectivity index (χ0) is 56.2. The number of hydrogen-bond donors (Lipinski definition) is 1. The molecular weight excluding hydrogens is 957 g/mol. The molecule has 0 aliphatic carbocycles. The lowest BCUT2D eigenvalue weighted by atomic mass is 10.0. The number of carbonyl (C=O) groups excluding carboxylic acids is 2. The van der Waals surface area contributed by atoms with E-state index in [1.165, 1.54) is 244 Å². The Hall–Kier alpha value is -2.92. The van der Waals surface area contributed by atoms with E-state index in [0.29, 0.717) is 12.8 Å². The highest BCUT2D eigenvalue weighted by Crippen LogP contribution is 2.18. The Morgan fingerprint density at radius 1 is 0.308 bits per heavy atom. The summed E-state index contributed by atoms with van der Waals surface area (Å²) < 4.78 is 10.7. The number of esters is 2. The minimum atomic E-state index is -0.777. The summed E-state index contributed by atoms with van der Waals surface area (Å²) in [6, 6.07) is 0. The molecule has 0 saturated carbocycles. The minimum absolute atomic E-state index is 0.0683. The lowest BCUT2D eigenvalue weighted by molar-refractivity contribution is -0.161. The Labute approximate surface area is 486 Å². The Morgan fingerprint density at radius 2 is 0.551 bits per heavy atom. The van der Waals surface area contributed by atoms with Gasteiger partial charge in [-0.25, -0.2) is 0 Å². The average Bonchev–Trinajstić information content (AvgIpc) is 3.44. The van der Waals surface area contributed by atoms with E-state index in [-0.39, 0.29) is 25.2 Å². The predicted molar refractivity (Wildman–Crippen MR) is 343 cm³/mol. The number of allylic oxidation sites excluding steroid dienone is 14. The molecule has 0 bridgehead atoms. The second kappa shape index (κ2) is 68.4. The summed E-state index contributed by atoms with van der Waals surface area (Å²) in [5.41, 5.74) is 0. The SMILES string of the molecule is CC/C=C\C/C=C\C/C=C\C/C=C\CCCCCCCCCCCCCCCCCCCCCCCCCCCCCCC(=O)OC(CO)COC(=O)CCCCCCCCCC/C=C\C/C=C\C/C=C\CCCCCCC. The van der Waals surface area contributed by atoms with E-state index >= 15 is 0 Å². The quantitative estimate of drug-likeness (QED) is 0.0373. The molecule has 0 fully saturated rings. The van der Waals surface area contributed by atoms with Gasteiger partial charge in [0.25, 0.3) is 0 Å². The Kier molecular flexibility index (Phi) is 65.8. The van der Waals surface area contributed by atoms with Gasteiger partial charge in [-0.2, -0.15) is 0 Å². The highest BCUT2D eigenvalue weighted by molar-refractivity contribution is 5.70. The van der Waals surface area contributed by atoms with Crippen LogP contribution in [0, 0.1) is 0 Å². The summed E-state index contributed by atoms with van der Waals surface area (Å²) in [4.78, 5) is 24.6. The van der Waals surface area contributed by atoms with Crippen molar-refractivity contribution in [1.29, 1.82) is 0 Å². The maximum Gasteiger partial charge on any atom is 0.306 e. The molecule has 0 aromatic rings. The Balaban J connectivity index is 3.41. The van der Waals surface area contributed by atoms with Gasteiger partial charge in [0.2, 0.25) is 0 Å². The van der Waals surface area contributed by atoms with Gasteiger partial charge in [0, 0.05) is 12.8 Å². The first-order chi connectivity index (χ1) is 38.6. The zero-order valence-corrected chi connectivity index (χ0v) is 51.9. The zero-order valence-electron chi connectivity index (χ0n) is 51.9. The van der Waals surface area contributed by atoms with Gasteiger partial charge in [-0.1, -0.05) is 330 Å². The van der Waals surface area contributed by atoms with Crippen molar-refractivity contribution in [3.8, 4) is 0 Å². The third kappa shape index (κ3) is 65.6. The van der Waals surface area contributed by atoms with Crippen LogP contribution in [-0.2, 0) is 19.1 Å². The summed E-state index contributed by atoms with van der Waals surface area (Å²) in [5.74, 6) is -0.585. The predicted octanol–water partition coefficient (Wildman–Crippen LogP) is 23.7. The van der Waals surface area contributed by atoms with Crippen LogP contribution in [0.2, 0.25) is 0 Å². The van der Waals surface area contributed by atoms with Gasteiger partial charge in [-0.3, -0.25) is 9.59 Å². The van der Waals surface area contributed by atoms with Gasteiger partial charge in [0.05, 0.1) is 6.61 Å². The van der Waals surface area contributed by atoms with Crippen LogP contribution < -0.4 is 0 Å². The van der Waals surface area contributed by atoms with Crippen LogP contribution in [0.4, 0.5) is 0 Å². The molecule has 1 atom stereocenters. The molecule has 5 nitrogen and oxygen atoms in total. The number of unbranched alkanes of at least 4 members (excludes halogenated alkanes) is 41. The van der Waals surface area contributed by atoms with Crippen molar-refractivity contribution in [1.82, 2.24) is 0 Å². The lowest BCUT2D eigenvalue weighted by Crippen LogP contribution is -2.28. The molecule has 0 aliphatic rings. The largest absolute Gasteiger partial charge is 0.462 e. The fourth-order valence-corrected chi connectivity index (χ4v) is 10.1. The number of aliphatic hydroxyl groups is 1. The van der Waals surface area contributed by atoms with Gasteiger partial charge in [-0.15, -0.1) is 0 Å². The van der Waals surface area contributed by atoms with Gasteiger partial charge >= 0.3 is 11.9 Å². The van der Waals surface area contributed by atoms with Crippen molar-refractivity contribution in [2.24, 2.45) is 0 Å². The van der Waals surface area contributed by atoms with Gasteiger partial charge < -0.3 is 14.6 Å². The Morgan fingerprint density at radius 3 is 0.833 bits per heavy atom. The van der Waals surface area contributed by atoms with Crippen LogP contribution in [0.3, 0.4) is 0 Å². The maximum atomic E-state index is 12.4. The fraction of sp³-hybridized carbons (Fsp3) is 0.781. The smallest absolute Gasteiger partial charge is 0.306 e. The van der Waals surface area contributed by atoms with E-state index in [9.17, 15) is 14.7 Å². The van der Waals surface area contributed by atoms with Crippen molar-refractivity contribution < 1.29 is 24.2 Å². The number of aliphatic hydroxyl groups excluding tert-OH is 1. The number of ether oxygens (including phenoxy) is 2. The van der Waals surface area contributed by atoms with E-state index in [0.717, 1.165) is 77.0 Å². The topological polar surface area (TPSA) is 72.8 Å². The van der Waals surface area contributed by atoms with Crippen LogP contribution in [0.5, 0.6) is 0 Å². The monoisotopic (exact) mass is 1090 g/mol. The van der Waals surface area contributed by atoms with Gasteiger partial charge in [-0.05, 0) is 89.9 Å². The molecule has 0 aliphatic heterocycles. The third-order valence-electron chi connectivity index (χ3n) is 15.2. The van der Waals surface area contributed by atoms with Gasteiger partial charge in [0.15, 0.2) is 6.10 Å². The van der Waals surface area contributed by atoms with Crippen molar-refractivity contribution in [3.05, 3.63) is 85.1 Å². The third-order valence-corrected chi connectivity index (χ3v) is 15.2. The number of hydrogen-bond acceptors (Lipinski definition) is 5. The molecule has 1 unspecified atom stereocenters. The summed E-state index contributed by atoms with van der Waals surface area (Å²) in [5, 5.41) is 9.69. The first-order valence-electron chi connectivity index (χ1n) is 34.1. The second-order valence-corrected chi connectivity index (χ2v) is 22.9. The first kappa shape index (κ1) is 75.1. The summed E-state index contributed by atoms with van der Waals surface area (Å²) in [7, 11) is 0. The average molecular weight is 1090 g/mol. The Bertz CT molecular complexity index is 1420. The van der Waals surface area contributed by atoms with Gasteiger partial charge in [0.1, 0.15) is 6.61 Å². The van der Waals surface area contributed by atoms with E-state index in [2.05, 4.69) is 98.9 Å². The van der Waals surface area contributed by atoms with E-state index in [1.54, 1.807) is 0 Å². The summed E-state index contributed by atoms with van der Waals surface area (Å²) in [6.07, 6.45) is 96.2. The molecule has 0 saturated heterocycles. The highest BCUT2D eigenvalue weighted by atomic mass is 16.6. The second-order valence-electron chi connectivity index (χ2n) is 22.9. The van der Waals surface area contributed by atoms with E-state index in [1.807, 2.05) is 0 Å². The molecule has 0 radical (unpaired) electrons. The lowest BCUT2D eigenvalue weighted by Gasteiger charge is -2.15. The highest BCUT2D eigenvalue weighted by Gasteiger charge is 2.16. The van der Waals surface area contributed by atoms with E-state index in [4.69, 9.17) is 9.47 Å². The first-order valence-corrected chi connectivity index (χ1v) is 34.1. The molecule has 0 spiro atoms. The molecule has 0 aromatic carbocycles. The molecule has 452 valence electrons. The van der Waals surface area contributed by atoms with Crippen molar-refractivity contribution in [3.63, 3.8) is 0 Å². The van der Waals surface area contributed by atoms with Crippen LogP contribution in [0.25, 0.3) is 0 Å². The summed E-state index contributed by atoms with van der Waals surface area (Å²) in [6.45, 7) is 4.05. The van der Waals surface area contributed by atoms with Crippen LogP contribution in [0.1, 0.15) is 348 Å². The van der Waals surface area contributed by atoms with Crippen LogP contribution in [0.15, 0.2) is 85.1 Å². The fourth-order valence-electron chi connectivity index (χ4n) is 10.1. The standard InChI is InChI=1S/C73H130O5/c1-3-5-7-9-11-13-15-17-19-21-23-25-27-28-29-30-31-32-33-34-35-36-37-38-39-40-41-42-43-44-46-48-50-52-54-56-58-60-62-64-66-68-73(76)78-71(69-74)70-77-72(75)67-65-63-61-59-57-55-53-51-49-47-45-26-24-22-20-18-16-14-12-10-8-6-4-2/h5,7,11,13,16-19,22-25,45,47,71,74H,3-4,6,8-10,12,14-15,20-21,26-44,46,48-70H2,1-2H3/b7-5-,13-11-,18-16-,19-17-,24-22-,25-23-,47-45-. The van der Waals surface area contributed by atoms with Crippen molar-refractivity contribution in [2.75, 3.05) is 13.2 Å². The number of rotatable bonds is 63. The molecule has 0 heterocycles. The molecule has 5 heteroatoms. The minimum Gasteiger partial charge on any atom is -0.462 e. The van der Waals surface area contributed by atoms with Crippen molar-refractivity contribution >= 4 is 11.9 Å². The van der Waals surface area contributed by atoms with Crippen LogP contribution in [-0.4, -0.2) is 36.4 Å². The maximum absolute atomic E-state index is 12.4. The molecule has 78 heavy (non-hydrogen) atoms. The van der Waals surface area contributed by atoms with E-state index < -0.39 is 6.10 Å². The summed E-state index contributed by atoms with van der Waals surface area (Å²) >= 11 is 0. The molecule has 0 aromatic heterocycles. The molecule has 0 rings (SSSR count). The number of carbonyl (C=O) groups is 2. The molecule has 1 N–H and O–H groups in total.